The van der Waals surface area contributed by atoms with Crippen LogP contribution in [0.2, 0.25) is 0 Å². The summed E-state index contributed by atoms with van der Waals surface area (Å²) in [5, 5.41) is 12.8. The van der Waals surface area contributed by atoms with Crippen molar-refractivity contribution in [2.45, 2.75) is 12.8 Å². The molecule has 0 aliphatic heterocycles. The molecule has 1 aromatic heterocycles. The number of rotatable bonds is 6. The lowest BCUT2D eigenvalue weighted by Gasteiger charge is -2.08. The summed E-state index contributed by atoms with van der Waals surface area (Å²) in [6.45, 7) is 0.551. The third-order valence-corrected chi connectivity index (χ3v) is 2.78. The molecule has 0 unspecified atom stereocenters. The molecule has 4 N–H and O–H groups in total. The number of carboxylic acids is 1. The van der Waals surface area contributed by atoms with Crippen molar-refractivity contribution in [1.82, 2.24) is 9.97 Å². The molecule has 0 bridgehead atoms. The molecule has 0 atom stereocenters. The van der Waals surface area contributed by atoms with E-state index in [4.69, 9.17) is 10.8 Å². The van der Waals surface area contributed by atoms with Gasteiger partial charge in [-0.25, -0.2) is 14.8 Å². The second-order valence-corrected chi connectivity index (χ2v) is 4.26. The van der Waals surface area contributed by atoms with E-state index in [1.807, 2.05) is 0 Å². The second-order valence-electron chi connectivity index (χ2n) is 4.26. The number of anilines is 1. The van der Waals surface area contributed by atoms with E-state index < -0.39 is 5.97 Å². The van der Waals surface area contributed by atoms with Crippen molar-refractivity contribution in [2.75, 3.05) is 11.9 Å². The lowest BCUT2D eigenvalue weighted by atomic mass is 10.1. The molecule has 0 fully saturated rings. The van der Waals surface area contributed by atoms with Crippen LogP contribution in [0.1, 0.15) is 23.2 Å². The minimum atomic E-state index is -0.999. The van der Waals surface area contributed by atoms with Crippen LogP contribution in [-0.4, -0.2) is 33.5 Å². The monoisotopic (exact) mass is 274 g/mol. The van der Waals surface area contributed by atoms with Gasteiger partial charge in [0.25, 0.3) is 0 Å². The summed E-state index contributed by atoms with van der Waals surface area (Å²) in [5.41, 5.74) is 5.79. The van der Waals surface area contributed by atoms with Gasteiger partial charge in [0, 0.05) is 18.4 Å². The Morgan fingerprint density at radius 2 is 2.10 bits per heavy atom. The maximum absolute atomic E-state index is 10.9. The van der Waals surface area contributed by atoms with Gasteiger partial charge in [-0.05, 0) is 24.6 Å². The molecular formula is C13H14N4O3. The van der Waals surface area contributed by atoms with Crippen molar-refractivity contribution >= 4 is 28.6 Å². The summed E-state index contributed by atoms with van der Waals surface area (Å²) in [7, 11) is 0. The molecular weight excluding hydrogens is 260 g/mol. The molecule has 0 saturated heterocycles. The minimum Gasteiger partial charge on any atom is -0.478 e. The molecule has 0 aliphatic rings. The first-order chi connectivity index (χ1) is 9.58. The lowest BCUT2D eigenvalue weighted by Crippen LogP contribution is -2.13. The topological polar surface area (TPSA) is 118 Å². The van der Waals surface area contributed by atoms with Crippen molar-refractivity contribution in [3.05, 3.63) is 30.1 Å². The molecule has 1 amide bonds. The number of nitrogens with one attached hydrogen (secondary N) is 1. The van der Waals surface area contributed by atoms with Gasteiger partial charge in [-0.15, -0.1) is 0 Å². The maximum Gasteiger partial charge on any atom is 0.335 e. The number of fused-ring (bicyclic) bond motifs is 1. The fourth-order valence-electron chi connectivity index (χ4n) is 1.80. The van der Waals surface area contributed by atoms with Gasteiger partial charge in [-0.1, -0.05) is 0 Å². The molecule has 0 radical (unpaired) electrons. The van der Waals surface area contributed by atoms with Gasteiger partial charge in [0.05, 0.1) is 11.1 Å². The third-order valence-electron chi connectivity index (χ3n) is 2.78. The second kappa shape index (κ2) is 5.96. The molecule has 2 rings (SSSR count). The van der Waals surface area contributed by atoms with Crippen LogP contribution in [0.4, 0.5) is 5.82 Å². The normalized spacial score (nSPS) is 10.4. The maximum atomic E-state index is 10.9. The van der Waals surface area contributed by atoms with Gasteiger partial charge in [0.15, 0.2) is 0 Å². The first kappa shape index (κ1) is 13.7. The Balaban J connectivity index is 2.17. The summed E-state index contributed by atoms with van der Waals surface area (Å²) < 4.78 is 0. The molecule has 104 valence electrons. The van der Waals surface area contributed by atoms with Gasteiger partial charge in [0.1, 0.15) is 12.1 Å². The summed E-state index contributed by atoms with van der Waals surface area (Å²) >= 11 is 0. The Labute approximate surface area is 114 Å². The molecule has 2 aromatic rings. The van der Waals surface area contributed by atoms with Crippen LogP contribution >= 0.6 is 0 Å². The number of carbonyl (C=O) groups excluding carboxylic acids is 1. The number of carbonyl (C=O) groups is 2. The van der Waals surface area contributed by atoms with E-state index in [1.54, 1.807) is 6.07 Å². The van der Waals surface area contributed by atoms with E-state index in [2.05, 4.69) is 15.3 Å². The number of amides is 1. The van der Waals surface area contributed by atoms with E-state index in [9.17, 15) is 9.59 Å². The number of primary amides is 1. The van der Waals surface area contributed by atoms with Gasteiger partial charge in [-0.3, -0.25) is 4.79 Å². The highest BCUT2D eigenvalue weighted by Gasteiger charge is 2.07. The van der Waals surface area contributed by atoms with Crippen molar-refractivity contribution in [2.24, 2.45) is 5.73 Å². The number of hydrogen-bond acceptors (Lipinski definition) is 5. The summed E-state index contributed by atoms with van der Waals surface area (Å²) in [5.74, 6) is -0.733. The van der Waals surface area contributed by atoms with Gasteiger partial charge < -0.3 is 16.2 Å². The molecule has 7 nitrogen and oxygen atoms in total. The molecule has 0 saturated carbocycles. The molecule has 0 spiro atoms. The zero-order valence-electron chi connectivity index (χ0n) is 10.7. The van der Waals surface area contributed by atoms with Gasteiger partial charge >= 0.3 is 5.97 Å². The van der Waals surface area contributed by atoms with E-state index in [0.717, 1.165) is 5.39 Å². The summed E-state index contributed by atoms with van der Waals surface area (Å²) in [4.78, 5) is 29.7. The Morgan fingerprint density at radius 1 is 1.30 bits per heavy atom. The Morgan fingerprint density at radius 3 is 2.80 bits per heavy atom. The fraction of sp³-hybridized carbons (Fsp3) is 0.231. The van der Waals surface area contributed by atoms with Crippen LogP contribution in [0.15, 0.2) is 24.5 Å². The predicted molar refractivity (Wildman–Crippen MR) is 73.4 cm³/mol. The molecule has 1 heterocycles. The summed E-state index contributed by atoms with van der Waals surface area (Å²) in [6.07, 6.45) is 2.28. The number of benzene rings is 1. The van der Waals surface area contributed by atoms with Crippen molar-refractivity contribution < 1.29 is 14.7 Å². The number of nitrogens with zero attached hydrogens (tertiary/aromatic N) is 2. The highest BCUT2D eigenvalue weighted by molar-refractivity contribution is 5.96. The van der Waals surface area contributed by atoms with E-state index >= 15 is 0 Å². The van der Waals surface area contributed by atoms with Crippen LogP contribution < -0.4 is 11.1 Å². The molecule has 1 aromatic carbocycles. The van der Waals surface area contributed by atoms with E-state index in [1.165, 1.54) is 18.5 Å². The van der Waals surface area contributed by atoms with E-state index in [-0.39, 0.29) is 11.5 Å². The predicted octanol–water partition coefficient (Wildman–Crippen LogP) is 1.01. The van der Waals surface area contributed by atoms with E-state index in [0.29, 0.717) is 30.7 Å². The Kier molecular flexibility index (Phi) is 4.09. The van der Waals surface area contributed by atoms with Crippen LogP contribution in [0, 0.1) is 0 Å². The van der Waals surface area contributed by atoms with Crippen LogP contribution in [0.25, 0.3) is 10.9 Å². The molecule has 7 heteroatoms. The number of aromatic carboxylic acids is 1. The molecule has 20 heavy (non-hydrogen) atoms. The standard InChI is InChI=1S/C13H14N4O3/c14-11(18)2-1-5-15-12-9-4-3-8(13(19)20)6-10(9)16-7-17-12/h3-4,6-7H,1-2,5H2,(H2,14,18)(H,19,20)(H,15,16,17). The number of aromatic nitrogens is 2. The minimum absolute atomic E-state index is 0.177. The SMILES string of the molecule is NC(=O)CCCNc1ncnc2cc(C(=O)O)ccc12. The van der Waals surface area contributed by atoms with Crippen LogP contribution in [0.5, 0.6) is 0 Å². The zero-order chi connectivity index (χ0) is 14.5. The first-order valence-corrected chi connectivity index (χ1v) is 6.08. The van der Waals surface area contributed by atoms with Crippen molar-refractivity contribution in [1.29, 1.82) is 0 Å². The van der Waals surface area contributed by atoms with Crippen LogP contribution in [-0.2, 0) is 4.79 Å². The average Bonchev–Trinajstić information content (AvgIpc) is 2.42. The van der Waals surface area contributed by atoms with Gasteiger partial charge in [0.2, 0.25) is 5.91 Å². The van der Waals surface area contributed by atoms with Gasteiger partial charge in [-0.2, -0.15) is 0 Å². The number of carboxylic acid groups (broad SMARTS) is 1. The number of hydrogen-bond donors (Lipinski definition) is 3. The Bertz CT molecular complexity index is 657. The average molecular weight is 274 g/mol. The highest BCUT2D eigenvalue weighted by atomic mass is 16.4. The smallest absolute Gasteiger partial charge is 0.335 e. The van der Waals surface area contributed by atoms with Crippen LogP contribution in [0.3, 0.4) is 0 Å². The first-order valence-electron chi connectivity index (χ1n) is 6.08. The van der Waals surface area contributed by atoms with Crippen molar-refractivity contribution in [3.63, 3.8) is 0 Å². The molecule has 0 aliphatic carbocycles. The fourth-order valence-corrected chi connectivity index (χ4v) is 1.80. The third kappa shape index (κ3) is 3.19. The highest BCUT2D eigenvalue weighted by Crippen LogP contribution is 2.20. The quantitative estimate of drug-likeness (QED) is 0.676. The number of nitrogens with two attached hydrogens (primary N) is 1. The Hall–Kier alpha value is -2.70. The lowest BCUT2D eigenvalue weighted by molar-refractivity contribution is -0.118. The zero-order valence-corrected chi connectivity index (χ0v) is 10.7. The largest absolute Gasteiger partial charge is 0.478 e. The summed E-state index contributed by atoms with van der Waals surface area (Å²) in [6, 6.07) is 4.66. The van der Waals surface area contributed by atoms with Crippen molar-refractivity contribution in [3.8, 4) is 0 Å².